The minimum Gasteiger partial charge on any atom is -0.469 e. The van der Waals surface area contributed by atoms with Crippen LogP contribution in [0.25, 0.3) is 10.4 Å². The summed E-state index contributed by atoms with van der Waals surface area (Å²) in [4.78, 5) is 15.0. The Morgan fingerprint density at radius 1 is 1.23 bits per heavy atom. The Labute approximate surface area is 176 Å². The lowest BCUT2D eigenvalue weighted by molar-refractivity contribution is -0.147. The van der Waals surface area contributed by atoms with E-state index in [1.54, 1.807) is 0 Å². The van der Waals surface area contributed by atoms with Crippen molar-refractivity contribution < 1.29 is 28.5 Å². The summed E-state index contributed by atoms with van der Waals surface area (Å²) >= 11 is 0. The average Bonchev–Trinajstić information content (AvgIpc) is 3.43. The minimum absolute atomic E-state index is 0.140. The fraction of sp³-hybridized carbons (Fsp3) is 0.667. The van der Waals surface area contributed by atoms with Gasteiger partial charge in [0.1, 0.15) is 12.2 Å². The van der Waals surface area contributed by atoms with Crippen molar-refractivity contribution >= 4 is 5.97 Å². The topological polar surface area (TPSA) is 115 Å². The Morgan fingerprint density at radius 3 is 2.70 bits per heavy atom. The predicted octanol–water partition coefficient (Wildman–Crippen LogP) is 3.37. The molecule has 3 rings (SSSR count). The summed E-state index contributed by atoms with van der Waals surface area (Å²) in [6, 6.07) is 9.88. The lowest BCUT2D eigenvalue weighted by atomic mass is 9.96. The molecule has 164 valence electrons. The van der Waals surface area contributed by atoms with Crippen LogP contribution < -0.4 is 0 Å². The van der Waals surface area contributed by atoms with Crippen molar-refractivity contribution in [3.63, 3.8) is 0 Å². The van der Waals surface area contributed by atoms with Gasteiger partial charge in [-0.2, -0.15) is 0 Å². The first kappa shape index (κ1) is 22.5. The van der Waals surface area contributed by atoms with Gasteiger partial charge in [0.15, 0.2) is 5.79 Å². The Bertz CT molecular complexity index is 752. The molecule has 9 heteroatoms. The van der Waals surface area contributed by atoms with Crippen LogP contribution in [-0.4, -0.2) is 56.4 Å². The van der Waals surface area contributed by atoms with Crippen molar-refractivity contribution in [2.24, 2.45) is 11.0 Å². The highest BCUT2D eigenvalue weighted by molar-refractivity contribution is 5.72. The highest BCUT2D eigenvalue weighted by Gasteiger charge is 2.55. The number of esters is 1. The van der Waals surface area contributed by atoms with Crippen molar-refractivity contribution in [1.82, 2.24) is 0 Å². The number of rotatable bonds is 11. The molecule has 5 atom stereocenters. The molecule has 0 bridgehead atoms. The summed E-state index contributed by atoms with van der Waals surface area (Å²) in [6.45, 7) is 4.75. The van der Waals surface area contributed by atoms with Crippen molar-refractivity contribution in [3.05, 3.63) is 46.3 Å². The fourth-order valence-corrected chi connectivity index (χ4v) is 3.80. The minimum atomic E-state index is -0.774. The second-order valence-corrected chi connectivity index (χ2v) is 7.97. The third-order valence-electron chi connectivity index (χ3n) is 5.27. The molecular weight excluding hydrogens is 390 g/mol. The summed E-state index contributed by atoms with van der Waals surface area (Å²) in [6.07, 6.45) is -0.00959. The molecule has 2 saturated heterocycles. The molecule has 0 aromatic heterocycles. The van der Waals surface area contributed by atoms with E-state index >= 15 is 0 Å². The molecule has 9 nitrogen and oxygen atoms in total. The van der Waals surface area contributed by atoms with Gasteiger partial charge in [0.25, 0.3) is 0 Å². The van der Waals surface area contributed by atoms with Gasteiger partial charge in [-0.05, 0) is 37.8 Å². The van der Waals surface area contributed by atoms with Crippen LogP contribution in [0.3, 0.4) is 0 Å². The van der Waals surface area contributed by atoms with Crippen molar-refractivity contribution in [2.45, 2.75) is 63.5 Å². The van der Waals surface area contributed by atoms with E-state index in [4.69, 9.17) is 29.2 Å². The number of epoxide rings is 1. The predicted molar refractivity (Wildman–Crippen MR) is 107 cm³/mol. The molecule has 0 N–H and O–H groups in total. The second kappa shape index (κ2) is 10.2. The van der Waals surface area contributed by atoms with E-state index in [2.05, 4.69) is 10.0 Å². The molecule has 2 heterocycles. The number of nitrogens with zero attached hydrogens (tertiary/aromatic N) is 3. The molecule has 0 radical (unpaired) electrons. The number of ether oxygens (including phenoxy) is 5. The van der Waals surface area contributed by atoms with E-state index in [-0.39, 0.29) is 42.8 Å². The first-order valence-electron chi connectivity index (χ1n) is 10.1. The van der Waals surface area contributed by atoms with Crippen LogP contribution in [0.15, 0.2) is 35.4 Å². The van der Waals surface area contributed by atoms with E-state index in [0.717, 1.165) is 5.56 Å². The van der Waals surface area contributed by atoms with Gasteiger partial charge in [-0.25, -0.2) is 0 Å². The molecule has 0 amide bonds. The largest absolute Gasteiger partial charge is 0.469 e. The van der Waals surface area contributed by atoms with Crippen LogP contribution in [0.5, 0.6) is 0 Å². The van der Waals surface area contributed by atoms with Gasteiger partial charge in [0.2, 0.25) is 0 Å². The number of methoxy groups -OCH3 is 1. The first-order valence-corrected chi connectivity index (χ1v) is 10.1. The maximum Gasteiger partial charge on any atom is 0.308 e. The van der Waals surface area contributed by atoms with Gasteiger partial charge >= 0.3 is 5.97 Å². The van der Waals surface area contributed by atoms with Gasteiger partial charge in [-0.1, -0.05) is 35.4 Å². The van der Waals surface area contributed by atoms with Crippen LogP contribution in [0, 0.1) is 5.92 Å². The molecule has 1 unspecified atom stereocenters. The van der Waals surface area contributed by atoms with E-state index in [9.17, 15) is 4.79 Å². The quantitative estimate of drug-likeness (QED) is 0.136. The number of carbonyl (C=O) groups is 1. The Balaban J connectivity index is 1.49. The van der Waals surface area contributed by atoms with Crippen LogP contribution in [0.1, 0.15) is 32.3 Å². The summed E-state index contributed by atoms with van der Waals surface area (Å²) in [5.74, 6) is -1.38. The van der Waals surface area contributed by atoms with Gasteiger partial charge in [0, 0.05) is 11.5 Å². The maximum atomic E-state index is 12.2. The highest BCUT2D eigenvalue weighted by Crippen LogP contribution is 2.41. The average molecular weight is 419 g/mol. The van der Waals surface area contributed by atoms with Crippen LogP contribution in [0.4, 0.5) is 0 Å². The summed E-state index contributed by atoms with van der Waals surface area (Å²) < 4.78 is 28.3. The third-order valence-corrected chi connectivity index (χ3v) is 5.27. The number of hydrogen-bond acceptors (Lipinski definition) is 7. The zero-order valence-corrected chi connectivity index (χ0v) is 17.6. The maximum absolute atomic E-state index is 12.2. The van der Waals surface area contributed by atoms with E-state index in [1.807, 2.05) is 44.2 Å². The van der Waals surface area contributed by atoms with Gasteiger partial charge < -0.3 is 23.7 Å². The smallest absolute Gasteiger partial charge is 0.308 e. The summed E-state index contributed by atoms with van der Waals surface area (Å²) in [5.41, 5.74) is 9.69. The number of hydrogen-bond donors (Lipinski definition) is 0. The Kier molecular flexibility index (Phi) is 7.69. The first-order chi connectivity index (χ1) is 14.4. The number of azide groups is 1. The molecule has 2 aliphatic heterocycles. The lowest BCUT2D eigenvalue weighted by Crippen LogP contribution is -2.32. The monoisotopic (exact) mass is 419 g/mol. The Morgan fingerprint density at radius 2 is 2.00 bits per heavy atom. The zero-order chi connectivity index (χ0) is 21.6. The Hall–Kier alpha value is -2.16. The van der Waals surface area contributed by atoms with E-state index in [1.165, 1.54) is 7.11 Å². The number of carbonyl (C=O) groups excluding carboxylic acids is 1. The molecule has 2 fully saturated rings. The van der Waals surface area contributed by atoms with Crippen molar-refractivity contribution in [3.8, 4) is 0 Å². The molecule has 0 saturated carbocycles. The van der Waals surface area contributed by atoms with Gasteiger partial charge in [-0.3, -0.25) is 4.79 Å². The molecule has 1 aromatic rings. The molecule has 1 aromatic carbocycles. The lowest BCUT2D eigenvalue weighted by Gasteiger charge is -2.16. The summed E-state index contributed by atoms with van der Waals surface area (Å²) in [5, 5.41) is 3.61. The SMILES string of the molecule is COC(=O)C(CCOCc1ccccc1)C[C@@H]1O[C@H]1[C@@H]1OC(C)(C)O[C@@H]1CN=[N+]=[N-]. The molecular formula is C21H29N3O6. The van der Waals surface area contributed by atoms with E-state index < -0.39 is 5.79 Å². The number of benzene rings is 1. The van der Waals surface area contributed by atoms with Crippen LogP contribution in [-0.2, 0) is 35.1 Å². The van der Waals surface area contributed by atoms with Crippen LogP contribution in [0.2, 0.25) is 0 Å². The zero-order valence-electron chi connectivity index (χ0n) is 17.6. The normalized spacial score (nSPS) is 27.8. The van der Waals surface area contributed by atoms with Crippen LogP contribution >= 0.6 is 0 Å². The summed E-state index contributed by atoms with van der Waals surface area (Å²) in [7, 11) is 1.39. The van der Waals surface area contributed by atoms with Crippen molar-refractivity contribution in [1.29, 1.82) is 0 Å². The third kappa shape index (κ3) is 6.17. The molecule has 30 heavy (non-hydrogen) atoms. The molecule has 0 aliphatic carbocycles. The van der Waals surface area contributed by atoms with Gasteiger partial charge in [-0.15, -0.1) is 0 Å². The van der Waals surface area contributed by atoms with Gasteiger partial charge in [0.05, 0.1) is 38.4 Å². The fourth-order valence-electron chi connectivity index (χ4n) is 3.80. The van der Waals surface area contributed by atoms with Crippen molar-refractivity contribution in [2.75, 3.05) is 20.3 Å². The highest BCUT2D eigenvalue weighted by atomic mass is 16.8. The molecule has 0 spiro atoms. The standard InChI is InChI=1S/C21H29N3O6/c1-21(2)29-17(12-23-24-22)19(30-21)18-16(28-18)11-15(20(25)26-3)9-10-27-13-14-7-5-4-6-8-14/h4-8,15-19H,9-13H2,1-3H3/t15?,16-,17+,18+,19+/m0/s1. The molecule has 2 aliphatic rings. The van der Waals surface area contributed by atoms with E-state index in [0.29, 0.717) is 26.1 Å². The second-order valence-electron chi connectivity index (χ2n) is 7.97.